The van der Waals surface area contributed by atoms with Crippen LogP contribution in [0.4, 0.5) is 0 Å². The van der Waals surface area contributed by atoms with Crippen LogP contribution in [-0.2, 0) is 0 Å². The SMILES string of the molecule is Cc1cc(C(C)N2CCCC2)ccc1Br. The molecule has 1 fully saturated rings. The van der Waals surface area contributed by atoms with E-state index in [0.29, 0.717) is 6.04 Å². The van der Waals surface area contributed by atoms with Gasteiger partial charge in [0.25, 0.3) is 0 Å². The minimum atomic E-state index is 0.569. The normalized spacial score (nSPS) is 19.4. The summed E-state index contributed by atoms with van der Waals surface area (Å²) in [5.41, 5.74) is 2.77. The quantitative estimate of drug-likeness (QED) is 0.786. The molecule has 0 saturated carbocycles. The van der Waals surface area contributed by atoms with E-state index in [-0.39, 0.29) is 0 Å². The van der Waals surface area contributed by atoms with Crippen molar-refractivity contribution in [2.24, 2.45) is 0 Å². The van der Waals surface area contributed by atoms with Crippen molar-refractivity contribution in [1.29, 1.82) is 0 Å². The van der Waals surface area contributed by atoms with E-state index in [0.717, 1.165) is 0 Å². The summed E-state index contributed by atoms with van der Waals surface area (Å²) in [7, 11) is 0. The van der Waals surface area contributed by atoms with Gasteiger partial charge in [-0.15, -0.1) is 0 Å². The molecule has 15 heavy (non-hydrogen) atoms. The Kier molecular flexibility index (Phi) is 3.47. The van der Waals surface area contributed by atoms with E-state index in [1.165, 1.54) is 41.5 Å². The molecule has 2 rings (SSSR count). The maximum Gasteiger partial charge on any atom is 0.0319 e. The Morgan fingerprint density at radius 3 is 2.53 bits per heavy atom. The Morgan fingerprint density at radius 2 is 1.93 bits per heavy atom. The van der Waals surface area contributed by atoms with Gasteiger partial charge in [0.1, 0.15) is 0 Å². The summed E-state index contributed by atoms with van der Waals surface area (Å²) in [6.07, 6.45) is 2.72. The molecule has 0 aliphatic carbocycles. The summed E-state index contributed by atoms with van der Waals surface area (Å²) >= 11 is 3.55. The van der Waals surface area contributed by atoms with Crippen LogP contribution in [0.3, 0.4) is 0 Å². The minimum Gasteiger partial charge on any atom is -0.297 e. The highest BCUT2D eigenvalue weighted by molar-refractivity contribution is 9.10. The molecule has 1 aromatic carbocycles. The van der Waals surface area contributed by atoms with E-state index < -0.39 is 0 Å². The van der Waals surface area contributed by atoms with Crippen molar-refractivity contribution in [3.8, 4) is 0 Å². The molecule has 2 heteroatoms. The van der Waals surface area contributed by atoms with Crippen molar-refractivity contribution in [3.63, 3.8) is 0 Å². The van der Waals surface area contributed by atoms with Gasteiger partial charge in [0.2, 0.25) is 0 Å². The molecule has 1 nitrogen and oxygen atoms in total. The topological polar surface area (TPSA) is 3.24 Å². The molecule has 1 aliphatic rings. The van der Waals surface area contributed by atoms with E-state index in [1.54, 1.807) is 0 Å². The van der Waals surface area contributed by atoms with Gasteiger partial charge < -0.3 is 0 Å². The third-order valence-electron chi connectivity index (χ3n) is 3.35. The molecule has 0 spiro atoms. The predicted molar refractivity (Wildman–Crippen MR) is 68.1 cm³/mol. The molecular weight excluding hydrogens is 250 g/mol. The Balaban J connectivity index is 2.17. The monoisotopic (exact) mass is 267 g/mol. The van der Waals surface area contributed by atoms with Gasteiger partial charge in [0, 0.05) is 10.5 Å². The predicted octanol–water partition coefficient (Wildman–Crippen LogP) is 3.91. The fourth-order valence-electron chi connectivity index (χ4n) is 2.27. The molecular formula is C13H18BrN. The zero-order valence-corrected chi connectivity index (χ0v) is 11.0. The molecule has 1 saturated heterocycles. The molecule has 0 aromatic heterocycles. The lowest BCUT2D eigenvalue weighted by atomic mass is 10.0. The summed E-state index contributed by atoms with van der Waals surface area (Å²) in [5, 5.41) is 0. The van der Waals surface area contributed by atoms with Crippen molar-refractivity contribution in [2.45, 2.75) is 32.7 Å². The fourth-order valence-corrected chi connectivity index (χ4v) is 2.51. The van der Waals surface area contributed by atoms with Gasteiger partial charge in [0.05, 0.1) is 0 Å². The zero-order valence-electron chi connectivity index (χ0n) is 9.46. The van der Waals surface area contributed by atoms with Crippen LogP contribution >= 0.6 is 15.9 Å². The van der Waals surface area contributed by atoms with Crippen LogP contribution in [0.1, 0.15) is 36.9 Å². The Hall–Kier alpha value is -0.340. The largest absolute Gasteiger partial charge is 0.297 e. The number of rotatable bonds is 2. The first kappa shape index (κ1) is 11.2. The maximum atomic E-state index is 3.55. The molecule has 1 atom stereocenters. The van der Waals surface area contributed by atoms with Crippen LogP contribution in [-0.4, -0.2) is 18.0 Å². The van der Waals surface area contributed by atoms with Gasteiger partial charge in [-0.3, -0.25) is 4.90 Å². The van der Waals surface area contributed by atoms with Gasteiger partial charge >= 0.3 is 0 Å². The third-order valence-corrected chi connectivity index (χ3v) is 4.24. The van der Waals surface area contributed by atoms with Gasteiger partial charge in [-0.1, -0.05) is 28.1 Å². The molecule has 0 bridgehead atoms. The lowest BCUT2D eigenvalue weighted by Crippen LogP contribution is -2.23. The molecule has 1 aliphatic heterocycles. The summed E-state index contributed by atoms with van der Waals surface area (Å²) < 4.78 is 1.21. The summed E-state index contributed by atoms with van der Waals surface area (Å²) in [6, 6.07) is 7.27. The summed E-state index contributed by atoms with van der Waals surface area (Å²) in [4.78, 5) is 2.57. The lowest BCUT2D eigenvalue weighted by molar-refractivity contribution is 0.263. The highest BCUT2D eigenvalue weighted by Gasteiger charge is 2.19. The molecule has 82 valence electrons. The number of hydrogen-bond donors (Lipinski definition) is 0. The first-order valence-corrected chi connectivity index (χ1v) is 6.48. The molecule has 0 N–H and O–H groups in total. The van der Waals surface area contributed by atoms with Crippen LogP contribution in [0.15, 0.2) is 22.7 Å². The van der Waals surface area contributed by atoms with Crippen LogP contribution < -0.4 is 0 Å². The van der Waals surface area contributed by atoms with E-state index in [2.05, 4.69) is 52.9 Å². The standard InChI is InChI=1S/C13H18BrN/c1-10-9-12(5-6-13(10)14)11(2)15-7-3-4-8-15/h5-6,9,11H,3-4,7-8H2,1-2H3. The van der Waals surface area contributed by atoms with Crippen LogP contribution in [0.25, 0.3) is 0 Å². The van der Waals surface area contributed by atoms with Crippen LogP contribution in [0.5, 0.6) is 0 Å². The smallest absolute Gasteiger partial charge is 0.0319 e. The fraction of sp³-hybridized carbons (Fsp3) is 0.538. The Bertz CT molecular complexity index is 342. The highest BCUT2D eigenvalue weighted by atomic mass is 79.9. The summed E-state index contributed by atoms with van der Waals surface area (Å²) in [5.74, 6) is 0. The van der Waals surface area contributed by atoms with E-state index in [9.17, 15) is 0 Å². The van der Waals surface area contributed by atoms with Crippen LogP contribution in [0, 0.1) is 6.92 Å². The number of likely N-dealkylation sites (tertiary alicyclic amines) is 1. The lowest BCUT2D eigenvalue weighted by Gasteiger charge is -2.24. The molecule has 1 heterocycles. The van der Waals surface area contributed by atoms with E-state index in [1.807, 2.05) is 0 Å². The maximum absolute atomic E-state index is 3.55. The van der Waals surface area contributed by atoms with Crippen molar-refractivity contribution in [2.75, 3.05) is 13.1 Å². The van der Waals surface area contributed by atoms with Gasteiger partial charge in [-0.25, -0.2) is 0 Å². The second-order valence-corrected chi connectivity index (χ2v) is 5.28. The first-order chi connectivity index (χ1) is 7.18. The van der Waals surface area contributed by atoms with E-state index in [4.69, 9.17) is 0 Å². The average molecular weight is 268 g/mol. The number of nitrogens with zero attached hydrogens (tertiary/aromatic N) is 1. The van der Waals surface area contributed by atoms with Gasteiger partial charge in [-0.2, -0.15) is 0 Å². The second-order valence-electron chi connectivity index (χ2n) is 4.43. The Labute approximate surface area is 101 Å². The van der Waals surface area contributed by atoms with Crippen molar-refractivity contribution >= 4 is 15.9 Å². The average Bonchev–Trinajstić information content (AvgIpc) is 2.74. The minimum absolute atomic E-state index is 0.569. The van der Waals surface area contributed by atoms with Crippen molar-refractivity contribution in [3.05, 3.63) is 33.8 Å². The number of aryl methyl sites for hydroxylation is 1. The van der Waals surface area contributed by atoms with Crippen LogP contribution in [0.2, 0.25) is 0 Å². The van der Waals surface area contributed by atoms with E-state index >= 15 is 0 Å². The number of hydrogen-bond acceptors (Lipinski definition) is 1. The van der Waals surface area contributed by atoms with Crippen molar-refractivity contribution < 1.29 is 0 Å². The van der Waals surface area contributed by atoms with Gasteiger partial charge in [0.15, 0.2) is 0 Å². The first-order valence-electron chi connectivity index (χ1n) is 5.68. The second kappa shape index (κ2) is 4.67. The molecule has 0 radical (unpaired) electrons. The molecule has 1 unspecified atom stereocenters. The van der Waals surface area contributed by atoms with Crippen molar-refractivity contribution in [1.82, 2.24) is 4.90 Å². The van der Waals surface area contributed by atoms with Gasteiger partial charge in [-0.05, 0) is 57.0 Å². The molecule has 1 aromatic rings. The summed E-state index contributed by atoms with van der Waals surface area (Å²) in [6.45, 7) is 6.99. The zero-order chi connectivity index (χ0) is 10.8. The Morgan fingerprint density at radius 1 is 1.27 bits per heavy atom. The highest BCUT2D eigenvalue weighted by Crippen LogP contribution is 2.27. The number of halogens is 1. The number of benzene rings is 1. The third kappa shape index (κ3) is 2.43. The molecule has 0 amide bonds.